The van der Waals surface area contributed by atoms with Crippen molar-refractivity contribution < 1.29 is 14.5 Å². The van der Waals surface area contributed by atoms with Gasteiger partial charge in [0.05, 0.1) is 12.0 Å². The van der Waals surface area contributed by atoms with Gasteiger partial charge in [-0.2, -0.15) is 0 Å². The molecule has 0 saturated heterocycles. The molecule has 0 aliphatic rings. The highest BCUT2D eigenvalue weighted by molar-refractivity contribution is 5.93. The molecule has 0 unspecified atom stereocenters. The molecule has 5 nitrogen and oxygen atoms in total. The first-order valence-corrected chi connectivity index (χ1v) is 5.48. The number of carbonyl (C=O) groups excluding carboxylic acids is 1. The Morgan fingerprint density at radius 1 is 1.18 bits per heavy atom. The summed E-state index contributed by atoms with van der Waals surface area (Å²) < 4.78 is 4.38. The van der Waals surface area contributed by atoms with Gasteiger partial charge in [-0.3, -0.25) is 10.1 Å². The summed E-state index contributed by atoms with van der Waals surface area (Å²) in [4.78, 5) is 20.8. The smallest absolute Gasteiger partial charge is 0.344 e. The van der Waals surface area contributed by atoms with Gasteiger partial charge >= 0.3 is 5.97 Å². The third kappa shape index (κ3) is 5.65. The molecule has 0 fully saturated rings. The van der Waals surface area contributed by atoms with E-state index in [4.69, 9.17) is 0 Å². The van der Waals surface area contributed by atoms with E-state index in [2.05, 4.69) is 4.74 Å². The SMILES string of the molecule is CC.CC.COC(=O)c1ccccc1[N+](=O)[O-]. The minimum absolute atomic E-state index is 0.0324. The molecule has 0 aliphatic carbocycles. The molecular weight excluding hydrogens is 222 g/mol. The van der Waals surface area contributed by atoms with Crippen LogP contribution in [0.25, 0.3) is 0 Å². The van der Waals surface area contributed by atoms with Crippen LogP contribution in [-0.4, -0.2) is 18.0 Å². The van der Waals surface area contributed by atoms with Crippen LogP contribution < -0.4 is 0 Å². The molecule has 1 aromatic carbocycles. The van der Waals surface area contributed by atoms with Crippen LogP contribution in [0.3, 0.4) is 0 Å². The Bertz CT molecular complexity index is 350. The summed E-state index contributed by atoms with van der Waals surface area (Å²) in [6.07, 6.45) is 0. The second kappa shape index (κ2) is 10.6. The molecule has 0 heterocycles. The van der Waals surface area contributed by atoms with Gasteiger partial charge in [-0.15, -0.1) is 0 Å². The minimum atomic E-state index is -0.702. The Kier molecular flexibility index (Phi) is 10.9. The Morgan fingerprint density at radius 2 is 1.65 bits per heavy atom. The van der Waals surface area contributed by atoms with Crippen LogP contribution in [0, 0.1) is 10.1 Å². The largest absolute Gasteiger partial charge is 0.465 e. The van der Waals surface area contributed by atoms with Crippen LogP contribution in [0.1, 0.15) is 38.1 Å². The quantitative estimate of drug-likeness (QED) is 0.452. The maximum atomic E-state index is 11.0. The van der Waals surface area contributed by atoms with Crippen LogP contribution in [0.15, 0.2) is 24.3 Å². The summed E-state index contributed by atoms with van der Waals surface area (Å²) in [5, 5.41) is 10.4. The van der Waals surface area contributed by atoms with E-state index in [-0.39, 0.29) is 11.3 Å². The summed E-state index contributed by atoms with van der Waals surface area (Å²) >= 11 is 0. The fourth-order valence-corrected chi connectivity index (χ4v) is 0.915. The fourth-order valence-electron chi connectivity index (χ4n) is 0.915. The first-order valence-electron chi connectivity index (χ1n) is 5.48. The molecule has 0 spiro atoms. The predicted octanol–water partition coefficient (Wildman–Crippen LogP) is 3.43. The molecule has 0 aromatic heterocycles. The van der Waals surface area contributed by atoms with Crippen molar-refractivity contribution in [1.29, 1.82) is 0 Å². The molecule has 0 amide bonds. The van der Waals surface area contributed by atoms with E-state index in [9.17, 15) is 14.9 Å². The zero-order valence-electron chi connectivity index (χ0n) is 10.9. The average Bonchev–Trinajstić information content (AvgIpc) is 2.42. The number of nitrogens with zero attached hydrogens (tertiary/aromatic N) is 1. The number of nitro groups is 1. The number of para-hydroxylation sites is 1. The van der Waals surface area contributed by atoms with Crippen LogP contribution in [0.4, 0.5) is 5.69 Å². The number of esters is 1. The standard InChI is InChI=1S/C8H7NO4.2C2H6/c1-13-8(10)6-4-2-3-5-7(6)9(11)12;2*1-2/h2-5H,1H3;2*1-2H3. The molecule has 0 atom stereocenters. The van der Waals surface area contributed by atoms with Crippen LogP contribution in [0.5, 0.6) is 0 Å². The van der Waals surface area contributed by atoms with E-state index in [0.29, 0.717) is 0 Å². The first-order chi connectivity index (χ1) is 8.16. The summed E-state index contributed by atoms with van der Waals surface area (Å²) in [5.74, 6) is -0.702. The highest BCUT2D eigenvalue weighted by atomic mass is 16.6. The Hall–Kier alpha value is -1.91. The monoisotopic (exact) mass is 241 g/mol. The number of carbonyl (C=O) groups is 1. The normalized spacial score (nSPS) is 7.82. The van der Waals surface area contributed by atoms with Crippen LogP contribution in [0.2, 0.25) is 0 Å². The van der Waals surface area contributed by atoms with Crippen molar-refractivity contribution in [2.24, 2.45) is 0 Å². The van der Waals surface area contributed by atoms with Crippen LogP contribution in [-0.2, 0) is 4.74 Å². The summed E-state index contributed by atoms with van der Waals surface area (Å²) in [5.41, 5.74) is -0.274. The molecule has 5 heteroatoms. The zero-order chi connectivity index (χ0) is 13.8. The van der Waals surface area contributed by atoms with Crippen molar-refractivity contribution in [3.05, 3.63) is 39.9 Å². The average molecular weight is 241 g/mol. The number of nitro benzene ring substituents is 1. The highest BCUT2D eigenvalue weighted by Crippen LogP contribution is 2.17. The van der Waals surface area contributed by atoms with E-state index in [0.717, 1.165) is 0 Å². The number of benzene rings is 1. The van der Waals surface area contributed by atoms with Gasteiger partial charge in [0, 0.05) is 6.07 Å². The predicted molar refractivity (Wildman–Crippen MR) is 67.1 cm³/mol. The first kappa shape index (κ1) is 17.5. The van der Waals surface area contributed by atoms with Crippen molar-refractivity contribution in [3.63, 3.8) is 0 Å². The van der Waals surface area contributed by atoms with E-state index < -0.39 is 10.9 Å². The summed E-state index contributed by atoms with van der Waals surface area (Å²) in [6.45, 7) is 8.00. The maximum Gasteiger partial charge on any atom is 0.344 e. The topological polar surface area (TPSA) is 69.4 Å². The van der Waals surface area contributed by atoms with Gasteiger partial charge < -0.3 is 4.74 Å². The molecule has 1 rings (SSSR count). The molecule has 0 N–H and O–H groups in total. The molecule has 0 saturated carbocycles. The number of rotatable bonds is 2. The number of hydrogen-bond donors (Lipinski definition) is 0. The van der Waals surface area contributed by atoms with E-state index in [1.54, 1.807) is 6.07 Å². The van der Waals surface area contributed by atoms with E-state index in [1.807, 2.05) is 27.7 Å². The molecule has 17 heavy (non-hydrogen) atoms. The minimum Gasteiger partial charge on any atom is -0.465 e. The van der Waals surface area contributed by atoms with E-state index in [1.165, 1.54) is 25.3 Å². The van der Waals surface area contributed by atoms with Gasteiger partial charge in [0.25, 0.3) is 5.69 Å². The molecule has 1 aromatic rings. The Morgan fingerprint density at radius 3 is 2.06 bits per heavy atom. The van der Waals surface area contributed by atoms with Gasteiger partial charge in [0.15, 0.2) is 0 Å². The molecule has 96 valence electrons. The van der Waals surface area contributed by atoms with Crippen molar-refractivity contribution in [3.8, 4) is 0 Å². The lowest BCUT2D eigenvalue weighted by atomic mass is 10.2. The van der Waals surface area contributed by atoms with Gasteiger partial charge in [-0.05, 0) is 6.07 Å². The third-order valence-corrected chi connectivity index (χ3v) is 1.51. The van der Waals surface area contributed by atoms with Gasteiger partial charge in [0.1, 0.15) is 5.56 Å². The fraction of sp³-hybridized carbons (Fsp3) is 0.417. The van der Waals surface area contributed by atoms with Crippen molar-refractivity contribution >= 4 is 11.7 Å². The lowest BCUT2D eigenvalue weighted by Crippen LogP contribution is -2.04. The Balaban J connectivity index is 0. The number of hydrogen-bond acceptors (Lipinski definition) is 4. The molecule has 0 radical (unpaired) electrons. The van der Waals surface area contributed by atoms with Gasteiger partial charge in [0.2, 0.25) is 0 Å². The van der Waals surface area contributed by atoms with E-state index >= 15 is 0 Å². The second-order valence-corrected chi connectivity index (χ2v) is 2.27. The maximum absolute atomic E-state index is 11.0. The lowest BCUT2D eigenvalue weighted by Gasteiger charge is -1.99. The zero-order valence-corrected chi connectivity index (χ0v) is 10.9. The number of ether oxygens (including phenoxy) is 1. The van der Waals surface area contributed by atoms with Crippen molar-refractivity contribution in [2.45, 2.75) is 27.7 Å². The summed E-state index contributed by atoms with van der Waals surface area (Å²) in [6, 6.07) is 5.64. The van der Waals surface area contributed by atoms with Crippen LogP contribution >= 0.6 is 0 Å². The molecule has 0 bridgehead atoms. The summed E-state index contributed by atoms with van der Waals surface area (Å²) in [7, 11) is 1.18. The second-order valence-electron chi connectivity index (χ2n) is 2.27. The highest BCUT2D eigenvalue weighted by Gasteiger charge is 2.18. The van der Waals surface area contributed by atoms with Crippen molar-refractivity contribution in [1.82, 2.24) is 0 Å². The number of methoxy groups -OCH3 is 1. The lowest BCUT2D eigenvalue weighted by molar-refractivity contribution is -0.385. The third-order valence-electron chi connectivity index (χ3n) is 1.51. The Labute approximate surface area is 102 Å². The van der Waals surface area contributed by atoms with Gasteiger partial charge in [-0.25, -0.2) is 4.79 Å². The molecular formula is C12H19NO4. The van der Waals surface area contributed by atoms with Crippen molar-refractivity contribution in [2.75, 3.05) is 7.11 Å². The van der Waals surface area contributed by atoms with Gasteiger partial charge in [-0.1, -0.05) is 39.8 Å². The molecule has 0 aliphatic heterocycles.